The summed E-state index contributed by atoms with van der Waals surface area (Å²) >= 11 is 0. The first kappa shape index (κ1) is 22.0. The van der Waals surface area contributed by atoms with Gasteiger partial charge in [0.05, 0.1) is 36.9 Å². The van der Waals surface area contributed by atoms with Crippen LogP contribution in [-0.4, -0.2) is 76.9 Å². The molecule has 0 saturated carbocycles. The molecule has 182 valence electrons. The number of nitrogens with zero attached hydrogens (tertiary/aromatic N) is 5. The Hall–Kier alpha value is -3.50. The average Bonchev–Trinajstić information content (AvgIpc) is 3.46. The molecule has 2 saturated heterocycles. The number of nitrogens with one attached hydrogen (secondary N) is 1. The number of anilines is 2. The highest BCUT2D eigenvalue weighted by atomic mass is 16.5. The van der Waals surface area contributed by atoms with E-state index in [9.17, 15) is 9.59 Å². The van der Waals surface area contributed by atoms with Crippen LogP contribution >= 0.6 is 0 Å². The third-order valence-corrected chi connectivity index (χ3v) is 6.92. The fraction of sp³-hybridized carbons (Fsp3) is 0.440. The molecule has 35 heavy (non-hydrogen) atoms. The van der Waals surface area contributed by atoms with Crippen LogP contribution in [0.1, 0.15) is 45.5 Å². The number of aromatic nitrogens is 3. The van der Waals surface area contributed by atoms with Crippen LogP contribution in [0.4, 0.5) is 11.4 Å². The first-order chi connectivity index (χ1) is 17.2. The summed E-state index contributed by atoms with van der Waals surface area (Å²) in [7, 11) is 0. The van der Waals surface area contributed by atoms with E-state index in [0.29, 0.717) is 61.9 Å². The van der Waals surface area contributed by atoms with Crippen molar-refractivity contribution in [1.29, 1.82) is 0 Å². The minimum Gasteiger partial charge on any atom is -0.378 e. The Kier molecular flexibility index (Phi) is 5.83. The summed E-state index contributed by atoms with van der Waals surface area (Å²) in [5, 5.41) is 7.30. The van der Waals surface area contributed by atoms with Crippen molar-refractivity contribution in [2.24, 2.45) is 0 Å². The molecule has 0 unspecified atom stereocenters. The van der Waals surface area contributed by atoms with Gasteiger partial charge < -0.3 is 24.6 Å². The first-order valence-electron chi connectivity index (χ1n) is 12.2. The van der Waals surface area contributed by atoms with Crippen LogP contribution in [0.5, 0.6) is 0 Å². The lowest BCUT2D eigenvalue weighted by atomic mass is 10.1. The summed E-state index contributed by atoms with van der Waals surface area (Å²) in [5.74, 6) is -0.265. The van der Waals surface area contributed by atoms with Crippen molar-refractivity contribution in [2.45, 2.75) is 31.9 Å². The molecule has 1 N–H and O–H groups in total. The maximum absolute atomic E-state index is 13.3. The lowest BCUT2D eigenvalue weighted by Gasteiger charge is -2.31. The van der Waals surface area contributed by atoms with Crippen LogP contribution in [0.25, 0.3) is 5.65 Å². The number of carbonyl (C=O) groups is 2. The van der Waals surface area contributed by atoms with E-state index in [1.807, 2.05) is 17.0 Å². The molecule has 3 aliphatic heterocycles. The maximum Gasteiger partial charge on any atom is 0.261 e. The van der Waals surface area contributed by atoms with E-state index >= 15 is 0 Å². The molecule has 3 aliphatic rings. The second kappa shape index (κ2) is 9.27. The van der Waals surface area contributed by atoms with Gasteiger partial charge in [-0.05, 0) is 43.0 Å². The standard InChI is InChI=1S/C25H28N6O4/c32-24(20-14-27-31-6-3-5-26-23(20)31)28-21-12-17-15-30(16-18-4-1-2-9-35-18)25(33)19(17)13-22(21)29-7-10-34-11-8-29/h3,5-6,12-14,18H,1-2,4,7-11,15-16H2,(H,28,32)/t18-/m0/s1. The third-order valence-electron chi connectivity index (χ3n) is 6.92. The van der Waals surface area contributed by atoms with Gasteiger partial charge >= 0.3 is 0 Å². The number of hydrogen-bond donors (Lipinski definition) is 1. The highest BCUT2D eigenvalue weighted by molar-refractivity contribution is 6.10. The Balaban J connectivity index is 1.31. The van der Waals surface area contributed by atoms with Crippen LogP contribution in [0, 0.1) is 0 Å². The van der Waals surface area contributed by atoms with Crippen LogP contribution in [0.3, 0.4) is 0 Å². The number of hydrogen-bond acceptors (Lipinski definition) is 7. The number of fused-ring (bicyclic) bond motifs is 2. The average molecular weight is 477 g/mol. The number of amides is 2. The zero-order valence-corrected chi connectivity index (χ0v) is 19.5. The van der Waals surface area contributed by atoms with Crippen molar-refractivity contribution in [3.05, 3.63) is 53.5 Å². The Bertz CT molecular complexity index is 1260. The number of benzene rings is 1. The number of ether oxygens (including phenoxy) is 2. The second-order valence-corrected chi connectivity index (χ2v) is 9.20. The van der Waals surface area contributed by atoms with Gasteiger partial charge in [0.15, 0.2) is 5.65 Å². The number of carbonyl (C=O) groups excluding carboxylic acids is 2. The molecule has 1 atom stereocenters. The van der Waals surface area contributed by atoms with E-state index in [1.54, 1.807) is 23.0 Å². The van der Waals surface area contributed by atoms with Gasteiger partial charge in [0.1, 0.15) is 5.56 Å². The minimum atomic E-state index is -0.287. The Morgan fingerprint density at radius 2 is 2.06 bits per heavy atom. The lowest BCUT2D eigenvalue weighted by molar-refractivity contribution is -0.00351. The van der Waals surface area contributed by atoms with Gasteiger partial charge in [0, 0.05) is 50.7 Å². The molecule has 1 aromatic carbocycles. The van der Waals surface area contributed by atoms with Crippen LogP contribution in [0.2, 0.25) is 0 Å². The molecular weight excluding hydrogens is 448 g/mol. The topological polar surface area (TPSA) is 101 Å². The summed E-state index contributed by atoms with van der Waals surface area (Å²) in [6.45, 7) is 4.44. The van der Waals surface area contributed by atoms with Gasteiger partial charge in [0.2, 0.25) is 0 Å². The van der Waals surface area contributed by atoms with Gasteiger partial charge in [0.25, 0.3) is 11.8 Å². The molecule has 0 bridgehead atoms. The molecule has 10 heteroatoms. The van der Waals surface area contributed by atoms with Crippen molar-refractivity contribution in [3.8, 4) is 0 Å². The Morgan fingerprint density at radius 3 is 2.89 bits per heavy atom. The van der Waals surface area contributed by atoms with E-state index in [2.05, 4.69) is 20.3 Å². The summed E-state index contributed by atoms with van der Waals surface area (Å²) in [6.07, 6.45) is 8.20. The molecule has 5 heterocycles. The molecule has 10 nitrogen and oxygen atoms in total. The van der Waals surface area contributed by atoms with Crippen molar-refractivity contribution in [2.75, 3.05) is 49.7 Å². The Morgan fingerprint density at radius 1 is 1.17 bits per heavy atom. The third kappa shape index (κ3) is 4.23. The van der Waals surface area contributed by atoms with Gasteiger partial charge in [-0.2, -0.15) is 5.10 Å². The van der Waals surface area contributed by atoms with Crippen LogP contribution < -0.4 is 10.2 Å². The summed E-state index contributed by atoms with van der Waals surface area (Å²) in [5.41, 5.74) is 4.00. The summed E-state index contributed by atoms with van der Waals surface area (Å²) < 4.78 is 13.0. The van der Waals surface area contributed by atoms with Crippen LogP contribution in [0.15, 0.2) is 36.8 Å². The van der Waals surface area contributed by atoms with Crippen molar-refractivity contribution in [1.82, 2.24) is 19.5 Å². The normalized spacial score (nSPS) is 20.3. The molecule has 2 amide bonds. The molecule has 0 aliphatic carbocycles. The Labute approximate surface area is 202 Å². The molecule has 3 aromatic rings. The van der Waals surface area contributed by atoms with Crippen molar-refractivity contribution >= 4 is 28.8 Å². The predicted molar refractivity (Wildman–Crippen MR) is 129 cm³/mol. The zero-order valence-electron chi connectivity index (χ0n) is 19.5. The molecular formula is C25H28N6O4. The second-order valence-electron chi connectivity index (χ2n) is 9.20. The van der Waals surface area contributed by atoms with E-state index in [-0.39, 0.29) is 17.9 Å². The fourth-order valence-corrected chi connectivity index (χ4v) is 5.10. The van der Waals surface area contributed by atoms with E-state index < -0.39 is 0 Å². The maximum atomic E-state index is 13.3. The van der Waals surface area contributed by atoms with Crippen molar-refractivity contribution < 1.29 is 19.1 Å². The smallest absolute Gasteiger partial charge is 0.261 e. The zero-order chi connectivity index (χ0) is 23.8. The molecule has 2 fully saturated rings. The highest BCUT2D eigenvalue weighted by Gasteiger charge is 2.32. The predicted octanol–water partition coefficient (Wildman–Crippen LogP) is 2.34. The van der Waals surface area contributed by atoms with Gasteiger partial charge in [-0.3, -0.25) is 9.59 Å². The van der Waals surface area contributed by atoms with Gasteiger partial charge in [-0.15, -0.1) is 0 Å². The van der Waals surface area contributed by atoms with E-state index in [0.717, 1.165) is 37.1 Å². The number of morpholine rings is 1. The van der Waals surface area contributed by atoms with Crippen molar-refractivity contribution in [3.63, 3.8) is 0 Å². The highest BCUT2D eigenvalue weighted by Crippen LogP contribution is 2.35. The largest absolute Gasteiger partial charge is 0.378 e. The molecule has 2 aromatic heterocycles. The summed E-state index contributed by atoms with van der Waals surface area (Å²) in [4.78, 5) is 34.9. The quantitative estimate of drug-likeness (QED) is 0.603. The fourth-order valence-electron chi connectivity index (χ4n) is 5.10. The van der Waals surface area contributed by atoms with Gasteiger partial charge in [-0.1, -0.05) is 0 Å². The van der Waals surface area contributed by atoms with Crippen LogP contribution in [-0.2, 0) is 16.0 Å². The SMILES string of the molecule is O=C(Nc1cc2c(cc1N1CCOCC1)C(=O)N(C[C@@H]1CCCCO1)C2)c1cnn2cccnc12. The summed E-state index contributed by atoms with van der Waals surface area (Å²) in [6, 6.07) is 5.63. The van der Waals surface area contributed by atoms with E-state index in [4.69, 9.17) is 9.47 Å². The molecule has 6 rings (SSSR count). The monoisotopic (exact) mass is 476 g/mol. The first-order valence-corrected chi connectivity index (χ1v) is 12.2. The lowest BCUT2D eigenvalue weighted by Crippen LogP contribution is -2.37. The van der Waals surface area contributed by atoms with Gasteiger partial charge in [-0.25, -0.2) is 9.50 Å². The molecule has 0 radical (unpaired) electrons. The minimum absolute atomic E-state index is 0.0217. The molecule has 0 spiro atoms. The number of rotatable bonds is 5. The van der Waals surface area contributed by atoms with E-state index in [1.165, 1.54) is 6.20 Å².